The first kappa shape index (κ1) is 12.2. The summed E-state index contributed by atoms with van der Waals surface area (Å²) in [6.07, 6.45) is 2.62. The van der Waals surface area contributed by atoms with Crippen molar-refractivity contribution in [3.63, 3.8) is 0 Å². The first-order valence-corrected chi connectivity index (χ1v) is 5.99. The smallest absolute Gasteiger partial charge is 0.231 e. The summed E-state index contributed by atoms with van der Waals surface area (Å²) >= 11 is 0. The fourth-order valence-corrected chi connectivity index (χ4v) is 2.32. The minimum absolute atomic E-state index is 0.0281. The molecule has 1 saturated carbocycles. The van der Waals surface area contributed by atoms with E-state index in [0.717, 1.165) is 30.8 Å². The average molecular weight is 237 g/mol. The fourth-order valence-electron chi connectivity index (χ4n) is 2.32. The normalized spacial score (nSPS) is 17.6. The van der Waals surface area contributed by atoms with Crippen molar-refractivity contribution in [3.05, 3.63) is 23.7 Å². The van der Waals surface area contributed by atoms with Crippen LogP contribution in [0, 0.1) is 12.3 Å². The van der Waals surface area contributed by atoms with Gasteiger partial charge >= 0.3 is 0 Å². The maximum Gasteiger partial charge on any atom is 0.231 e. The summed E-state index contributed by atoms with van der Waals surface area (Å²) in [5.74, 6) is 1.66. The van der Waals surface area contributed by atoms with Crippen molar-refractivity contribution in [3.8, 4) is 0 Å². The highest BCUT2D eigenvalue weighted by Gasteiger charge is 2.45. The molecule has 0 atom stereocenters. The molecular formula is C13H19NO3. The Morgan fingerprint density at radius 1 is 1.53 bits per heavy atom. The van der Waals surface area contributed by atoms with Crippen LogP contribution in [0.25, 0.3) is 0 Å². The molecule has 1 amide bonds. The van der Waals surface area contributed by atoms with Crippen molar-refractivity contribution in [1.82, 2.24) is 4.90 Å². The van der Waals surface area contributed by atoms with Crippen LogP contribution < -0.4 is 0 Å². The zero-order valence-electron chi connectivity index (χ0n) is 10.4. The van der Waals surface area contributed by atoms with E-state index in [2.05, 4.69) is 0 Å². The van der Waals surface area contributed by atoms with Gasteiger partial charge in [0, 0.05) is 7.05 Å². The summed E-state index contributed by atoms with van der Waals surface area (Å²) in [5.41, 5.74) is -0.517. The Bertz CT molecular complexity index is 401. The summed E-state index contributed by atoms with van der Waals surface area (Å²) in [7, 11) is 1.76. The van der Waals surface area contributed by atoms with Gasteiger partial charge < -0.3 is 14.4 Å². The molecule has 0 aromatic carbocycles. The molecule has 4 heteroatoms. The SMILES string of the molecule is Cc1ccc(CN(C)C(=O)C2(CO)CCC2)o1. The van der Waals surface area contributed by atoms with E-state index in [9.17, 15) is 9.90 Å². The molecule has 1 aromatic rings. The Morgan fingerprint density at radius 3 is 2.65 bits per heavy atom. The van der Waals surface area contributed by atoms with Crippen LogP contribution in [0.15, 0.2) is 16.5 Å². The number of carbonyl (C=O) groups is 1. The molecule has 0 saturated heterocycles. The van der Waals surface area contributed by atoms with E-state index in [1.807, 2.05) is 19.1 Å². The van der Waals surface area contributed by atoms with Gasteiger partial charge in [-0.1, -0.05) is 6.42 Å². The van der Waals surface area contributed by atoms with Crippen molar-refractivity contribution in [1.29, 1.82) is 0 Å². The number of carbonyl (C=O) groups excluding carboxylic acids is 1. The van der Waals surface area contributed by atoms with Crippen LogP contribution in [0.3, 0.4) is 0 Å². The molecule has 2 rings (SSSR count). The number of nitrogens with zero attached hydrogens (tertiary/aromatic N) is 1. The third kappa shape index (κ3) is 2.22. The quantitative estimate of drug-likeness (QED) is 0.867. The molecule has 0 aliphatic heterocycles. The number of aliphatic hydroxyl groups is 1. The second kappa shape index (κ2) is 4.53. The third-order valence-electron chi connectivity index (χ3n) is 3.60. The summed E-state index contributed by atoms with van der Waals surface area (Å²) in [6.45, 7) is 2.30. The number of rotatable bonds is 4. The predicted molar refractivity (Wildman–Crippen MR) is 63.3 cm³/mol. The Balaban J connectivity index is 2.00. The Kier molecular flexibility index (Phi) is 3.24. The molecule has 0 radical (unpaired) electrons. The molecule has 1 heterocycles. The van der Waals surface area contributed by atoms with Crippen LogP contribution in [0.2, 0.25) is 0 Å². The van der Waals surface area contributed by atoms with Gasteiger partial charge in [-0.2, -0.15) is 0 Å². The highest BCUT2D eigenvalue weighted by Crippen LogP contribution is 2.42. The molecule has 1 aliphatic rings. The van der Waals surface area contributed by atoms with Gasteiger partial charge in [-0.05, 0) is 31.9 Å². The van der Waals surface area contributed by atoms with Crippen LogP contribution in [0.4, 0.5) is 0 Å². The Hall–Kier alpha value is -1.29. The number of hydrogen-bond acceptors (Lipinski definition) is 3. The topological polar surface area (TPSA) is 53.7 Å². The van der Waals surface area contributed by atoms with Gasteiger partial charge in [0.05, 0.1) is 18.6 Å². The van der Waals surface area contributed by atoms with Crippen LogP contribution in [-0.4, -0.2) is 29.6 Å². The molecule has 1 aromatic heterocycles. The lowest BCUT2D eigenvalue weighted by Crippen LogP contribution is -2.48. The highest BCUT2D eigenvalue weighted by molar-refractivity contribution is 5.83. The summed E-state index contributed by atoms with van der Waals surface area (Å²) in [6, 6.07) is 3.77. The Labute approximate surface area is 101 Å². The van der Waals surface area contributed by atoms with Crippen molar-refractivity contribution in [2.75, 3.05) is 13.7 Å². The minimum Gasteiger partial charge on any atom is -0.464 e. The van der Waals surface area contributed by atoms with Crippen molar-refractivity contribution in [2.24, 2.45) is 5.41 Å². The maximum absolute atomic E-state index is 12.2. The average Bonchev–Trinajstić information content (AvgIpc) is 2.63. The van der Waals surface area contributed by atoms with Gasteiger partial charge in [-0.15, -0.1) is 0 Å². The van der Waals surface area contributed by atoms with Crippen molar-refractivity contribution >= 4 is 5.91 Å². The molecule has 4 nitrogen and oxygen atoms in total. The third-order valence-corrected chi connectivity index (χ3v) is 3.60. The lowest BCUT2D eigenvalue weighted by molar-refractivity contribution is -0.150. The zero-order chi connectivity index (χ0) is 12.5. The molecule has 0 spiro atoms. The first-order chi connectivity index (χ1) is 8.07. The van der Waals surface area contributed by atoms with E-state index < -0.39 is 5.41 Å². The van der Waals surface area contributed by atoms with Crippen LogP contribution >= 0.6 is 0 Å². The lowest BCUT2D eigenvalue weighted by atomic mass is 9.68. The second-order valence-electron chi connectivity index (χ2n) is 4.97. The first-order valence-electron chi connectivity index (χ1n) is 5.99. The largest absolute Gasteiger partial charge is 0.464 e. The predicted octanol–water partition coefficient (Wildman–Crippen LogP) is 1.71. The highest BCUT2D eigenvalue weighted by atomic mass is 16.3. The van der Waals surface area contributed by atoms with Crippen LogP contribution in [0.1, 0.15) is 30.8 Å². The van der Waals surface area contributed by atoms with E-state index in [1.54, 1.807) is 11.9 Å². The molecule has 1 N–H and O–H groups in total. The molecule has 1 fully saturated rings. The molecular weight excluding hydrogens is 218 g/mol. The monoisotopic (exact) mass is 237 g/mol. The molecule has 17 heavy (non-hydrogen) atoms. The fraction of sp³-hybridized carbons (Fsp3) is 0.615. The maximum atomic E-state index is 12.2. The number of amides is 1. The second-order valence-corrected chi connectivity index (χ2v) is 4.97. The molecule has 0 bridgehead atoms. The number of aliphatic hydroxyl groups excluding tert-OH is 1. The number of aryl methyl sites for hydroxylation is 1. The van der Waals surface area contributed by atoms with E-state index >= 15 is 0 Å². The van der Waals surface area contributed by atoms with Gasteiger partial charge in [-0.3, -0.25) is 4.79 Å². The Morgan fingerprint density at radius 2 is 2.24 bits per heavy atom. The summed E-state index contributed by atoms with van der Waals surface area (Å²) in [4.78, 5) is 13.9. The number of furan rings is 1. The van der Waals surface area contributed by atoms with Crippen molar-refractivity contribution < 1.29 is 14.3 Å². The lowest BCUT2D eigenvalue weighted by Gasteiger charge is -2.41. The number of hydrogen-bond donors (Lipinski definition) is 1. The zero-order valence-corrected chi connectivity index (χ0v) is 10.4. The van der Waals surface area contributed by atoms with E-state index in [0.29, 0.717) is 6.54 Å². The van der Waals surface area contributed by atoms with E-state index in [4.69, 9.17) is 4.42 Å². The summed E-state index contributed by atoms with van der Waals surface area (Å²) in [5, 5.41) is 9.36. The van der Waals surface area contributed by atoms with Gasteiger partial charge in [0.1, 0.15) is 11.5 Å². The van der Waals surface area contributed by atoms with Crippen molar-refractivity contribution in [2.45, 2.75) is 32.7 Å². The van der Waals surface area contributed by atoms with Crippen LogP contribution in [-0.2, 0) is 11.3 Å². The molecule has 0 unspecified atom stereocenters. The molecule has 94 valence electrons. The van der Waals surface area contributed by atoms with Gasteiger partial charge in [0.25, 0.3) is 0 Å². The summed E-state index contributed by atoms with van der Waals surface area (Å²) < 4.78 is 5.45. The standard InChI is InChI=1S/C13H19NO3/c1-10-4-5-11(17-10)8-14(2)12(16)13(9-15)6-3-7-13/h4-5,15H,3,6-9H2,1-2H3. The van der Waals surface area contributed by atoms with E-state index in [-0.39, 0.29) is 12.5 Å². The van der Waals surface area contributed by atoms with Gasteiger partial charge in [-0.25, -0.2) is 0 Å². The van der Waals surface area contributed by atoms with Crippen LogP contribution in [0.5, 0.6) is 0 Å². The minimum atomic E-state index is -0.517. The molecule has 1 aliphatic carbocycles. The van der Waals surface area contributed by atoms with Gasteiger partial charge in [0.2, 0.25) is 5.91 Å². The van der Waals surface area contributed by atoms with E-state index in [1.165, 1.54) is 0 Å². The van der Waals surface area contributed by atoms with Gasteiger partial charge in [0.15, 0.2) is 0 Å².